The molecule has 0 aliphatic heterocycles. The lowest BCUT2D eigenvalue weighted by Crippen LogP contribution is -1.88. The lowest BCUT2D eigenvalue weighted by Gasteiger charge is -2.01. The molecule has 2 nitrogen and oxygen atoms in total. The van der Waals surface area contributed by atoms with Gasteiger partial charge in [-0.15, -0.1) is 0 Å². The number of benzene rings is 1. The average Bonchev–Trinajstić information content (AvgIpc) is 2.72. The summed E-state index contributed by atoms with van der Waals surface area (Å²) in [6, 6.07) is 4.96. The molecular formula is C12H7BrF2O2. The minimum atomic E-state index is -0.741. The maximum absolute atomic E-state index is 13.5. The van der Waals surface area contributed by atoms with Gasteiger partial charge in [-0.25, -0.2) is 8.78 Å². The Kier molecular flexibility index (Phi) is 3.11. The topological polar surface area (TPSA) is 30.2 Å². The first-order chi connectivity index (χ1) is 7.99. The van der Waals surface area contributed by atoms with Crippen LogP contribution < -0.4 is 0 Å². The molecular weight excluding hydrogens is 294 g/mol. The molecule has 2 rings (SSSR count). The zero-order chi connectivity index (χ0) is 12.6. The van der Waals surface area contributed by atoms with E-state index in [0.717, 1.165) is 6.07 Å². The molecule has 0 aliphatic carbocycles. The maximum Gasteiger partial charge on any atom is 0.194 e. The largest absolute Gasteiger partial charge is 0.453 e. The normalized spacial score (nSPS) is 10.6. The third-order valence-electron chi connectivity index (χ3n) is 2.23. The predicted octanol–water partition coefficient (Wildman–Crippen LogP) is 4.19. The van der Waals surface area contributed by atoms with Gasteiger partial charge in [-0.3, -0.25) is 4.79 Å². The summed E-state index contributed by atoms with van der Waals surface area (Å²) in [5.74, 6) is -1.36. The van der Waals surface area contributed by atoms with Crippen molar-refractivity contribution in [2.75, 3.05) is 0 Å². The van der Waals surface area contributed by atoms with Crippen LogP contribution in [0.3, 0.4) is 0 Å². The summed E-state index contributed by atoms with van der Waals surface area (Å²) in [5, 5.41) is 0. The fourth-order valence-electron chi connectivity index (χ4n) is 1.38. The van der Waals surface area contributed by atoms with Gasteiger partial charge < -0.3 is 4.42 Å². The first-order valence-electron chi connectivity index (χ1n) is 4.74. The highest BCUT2D eigenvalue weighted by Crippen LogP contribution is 2.29. The Labute approximate surface area is 104 Å². The summed E-state index contributed by atoms with van der Waals surface area (Å²) in [7, 11) is 0. The molecule has 17 heavy (non-hydrogen) atoms. The van der Waals surface area contributed by atoms with Crippen LogP contribution in [0.4, 0.5) is 8.78 Å². The highest BCUT2D eigenvalue weighted by atomic mass is 79.9. The molecule has 0 unspecified atom stereocenters. The Hall–Kier alpha value is -1.49. The summed E-state index contributed by atoms with van der Waals surface area (Å²) < 4.78 is 31.9. The van der Waals surface area contributed by atoms with Crippen LogP contribution in [0.2, 0.25) is 0 Å². The zero-order valence-corrected chi connectivity index (χ0v) is 10.3. The fourth-order valence-corrected chi connectivity index (χ4v) is 1.73. The van der Waals surface area contributed by atoms with Gasteiger partial charge in [0.1, 0.15) is 17.4 Å². The molecule has 0 fully saturated rings. The van der Waals surface area contributed by atoms with Gasteiger partial charge in [-0.2, -0.15) is 0 Å². The van der Waals surface area contributed by atoms with E-state index < -0.39 is 11.6 Å². The Morgan fingerprint density at radius 3 is 2.53 bits per heavy atom. The molecule has 2 aromatic rings. The number of carbonyl (C=O) groups is 1. The fraction of sp³-hybridized carbons (Fsp3) is 0.0833. The zero-order valence-electron chi connectivity index (χ0n) is 8.76. The van der Waals surface area contributed by atoms with Gasteiger partial charge in [0, 0.05) is 13.0 Å². The van der Waals surface area contributed by atoms with Crippen LogP contribution in [0.15, 0.2) is 33.2 Å². The lowest BCUT2D eigenvalue weighted by molar-refractivity contribution is 0.0988. The third-order valence-corrected chi connectivity index (χ3v) is 2.84. The van der Waals surface area contributed by atoms with Crippen molar-refractivity contribution in [3.8, 4) is 11.3 Å². The number of hydrogen-bond acceptors (Lipinski definition) is 2. The van der Waals surface area contributed by atoms with Gasteiger partial charge in [0.15, 0.2) is 11.5 Å². The second-order valence-corrected chi connectivity index (χ2v) is 4.32. The standard InChI is InChI=1S/C12H7BrF2O2/c1-6(16)11-2-3-12(17-11)7-4-8(13)10(15)5-9(7)14/h2-5H,1H3. The van der Waals surface area contributed by atoms with Crippen molar-refractivity contribution in [2.45, 2.75) is 6.92 Å². The number of ketones is 1. The van der Waals surface area contributed by atoms with Crippen molar-refractivity contribution in [1.29, 1.82) is 0 Å². The molecule has 0 bridgehead atoms. The van der Waals surface area contributed by atoms with Crippen molar-refractivity contribution < 1.29 is 18.0 Å². The van der Waals surface area contributed by atoms with Crippen LogP contribution in [0.5, 0.6) is 0 Å². The number of halogens is 3. The van der Waals surface area contributed by atoms with Gasteiger partial charge in [0.2, 0.25) is 0 Å². The molecule has 88 valence electrons. The first-order valence-corrected chi connectivity index (χ1v) is 5.54. The van der Waals surface area contributed by atoms with Gasteiger partial charge in [-0.05, 0) is 34.1 Å². The molecule has 0 aliphatic rings. The van der Waals surface area contributed by atoms with Crippen molar-refractivity contribution in [1.82, 2.24) is 0 Å². The minimum Gasteiger partial charge on any atom is -0.453 e. The van der Waals surface area contributed by atoms with Crippen LogP contribution in [-0.2, 0) is 0 Å². The van der Waals surface area contributed by atoms with Crippen LogP contribution in [0.1, 0.15) is 17.5 Å². The van der Waals surface area contributed by atoms with E-state index in [4.69, 9.17) is 4.42 Å². The monoisotopic (exact) mass is 300 g/mol. The van der Waals surface area contributed by atoms with Gasteiger partial charge in [0.25, 0.3) is 0 Å². The minimum absolute atomic E-state index is 0.103. The van der Waals surface area contributed by atoms with E-state index in [0.29, 0.717) is 0 Å². The molecule has 1 aromatic heterocycles. The van der Waals surface area contributed by atoms with E-state index in [1.54, 1.807) is 0 Å². The highest BCUT2D eigenvalue weighted by molar-refractivity contribution is 9.10. The molecule has 0 radical (unpaired) electrons. The molecule has 1 aromatic carbocycles. The van der Waals surface area contributed by atoms with E-state index in [-0.39, 0.29) is 27.3 Å². The maximum atomic E-state index is 13.5. The second-order valence-electron chi connectivity index (χ2n) is 3.47. The van der Waals surface area contributed by atoms with E-state index >= 15 is 0 Å². The molecule has 0 spiro atoms. The number of carbonyl (C=O) groups excluding carboxylic acids is 1. The summed E-state index contributed by atoms with van der Waals surface area (Å²) in [4.78, 5) is 11.0. The van der Waals surface area contributed by atoms with E-state index in [1.165, 1.54) is 25.1 Å². The van der Waals surface area contributed by atoms with E-state index in [1.807, 2.05) is 0 Å². The van der Waals surface area contributed by atoms with Crippen molar-refractivity contribution >= 4 is 21.7 Å². The van der Waals surface area contributed by atoms with Crippen LogP contribution in [-0.4, -0.2) is 5.78 Å². The third kappa shape index (κ3) is 2.29. The first kappa shape index (κ1) is 12.0. The van der Waals surface area contributed by atoms with Gasteiger partial charge in [-0.1, -0.05) is 0 Å². The molecule has 0 N–H and O–H groups in total. The molecule has 0 saturated carbocycles. The van der Waals surface area contributed by atoms with E-state index in [9.17, 15) is 13.6 Å². The van der Waals surface area contributed by atoms with Crippen molar-refractivity contribution in [3.05, 3.63) is 46.1 Å². The Balaban J connectivity index is 2.52. The summed E-state index contributed by atoms with van der Waals surface area (Å²) >= 11 is 2.96. The Morgan fingerprint density at radius 2 is 1.94 bits per heavy atom. The second kappa shape index (κ2) is 4.41. The van der Waals surface area contributed by atoms with Crippen LogP contribution in [0, 0.1) is 11.6 Å². The van der Waals surface area contributed by atoms with Crippen molar-refractivity contribution in [2.24, 2.45) is 0 Å². The SMILES string of the molecule is CC(=O)c1ccc(-c2cc(Br)c(F)cc2F)o1. The predicted molar refractivity (Wildman–Crippen MR) is 61.8 cm³/mol. The smallest absolute Gasteiger partial charge is 0.194 e. The number of furan rings is 1. The molecule has 5 heteroatoms. The summed E-state index contributed by atoms with van der Waals surface area (Å²) in [5.41, 5.74) is 0.103. The van der Waals surface area contributed by atoms with Crippen LogP contribution in [0.25, 0.3) is 11.3 Å². The Morgan fingerprint density at radius 1 is 1.24 bits per heavy atom. The highest BCUT2D eigenvalue weighted by Gasteiger charge is 2.14. The quantitative estimate of drug-likeness (QED) is 0.615. The van der Waals surface area contributed by atoms with Crippen LogP contribution >= 0.6 is 15.9 Å². The summed E-state index contributed by atoms with van der Waals surface area (Å²) in [6.07, 6.45) is 0. The molecule has 1 heterocycles. The average molecular weight is 301 g/mol. The molecule has 0 amide bonds. The van der Waals surface area contributed by atoms with Gasteiger partial charge in [0.05, 0.1) is 10.0 Å². The number of Topliss-reactive ketones (excluding diaryl/α,β-unsaturated/α-hetero) is 1. The number of rotatable bonds is 2. The molecule has 0 saturated heterocycles. The van der Waals surface area contributed by atoms with Crippen molar-refractivity contribution in [3.63, 3.8) is 0 Å². The molecule has 0 atom stereocenters. The Bertz CT molecular complexity index is 590. The summed E-state index contributed by atoms with van der Waals surface area (Å²) in [6.45, 7) is 1.35. The van der Waals surface area contributed by atoms with Gasteiger partial charge >= 0.3 is 0 Å². The van der Waals surface area contributed by atoms with E-state index in [2.05, 4.69) is 15.9 Å². The number of hydrogen-bond donors (Lipinski definition) is 0. The lowest BCUT2D eigenvalue weighted by atomic mass is 10.1.